The number of thiazole rings is 1. The van der Waals surface area contributed by atoms with Crippen LogP contribution in [0.5, 0.6) is 0 Å². The SMILES string of the molecule is CCc1cc(-c2csc(CS(=O)(=O)c3ccccc3)n2)c(=O)[nH]c1C(C)C. The summed E-state index contributed by atoms with van der Waals surface area (Å²) in [6.45, 7) is 6.13. The van der Waals surface area contributed by atoms with Crippen molar-refractivity contribution in [1.29, 1.82) is 0 Å². The number of nitrogens with one attached hydrogen (secondary N) is 1. The fourth-order valence-corrected chi connectivity index (χ4v) is 5.40. The molecule has 1 N–H and O–H groups in total. The summed E-state index contributed by atoms with van der Waals surface area (Å²) in [5.74, 6) is 0.0494. The smallest absolute Gasteiger partial charge is 0.257 e. The Labute approximate surface area is 163 Å². The monoisotopic (exact) mass is 402 g/mol. The lowest BCUT2D eigenvalue weighted by Crippen LogP contribution is -2.15. The maximum Gasteiger partial charge on any atom is 0.257 e. The molecule has 2 aromatic heterocycles. The van der Waals surface area contributed by atoms with Gasteiger partial charge in [-0.1, -0.05) is 39.0 Å². The molecule has 7 heteroatoms. The van der Waals surface area contributed by atoms with Crippen molar-refractivity contribution in [3.8, 4) is 11.3 Å². The lowest BCUT2D eigenvalue weighted by molar-refractivity contribution is 0.595. The summed E-state index contributed by atoms with van der Waals surface area (Å²) < 4.78 is 25.1. The predicted octanol–water partition coefficient (Wildman–Crippen LogP) is 4.16. The summed E-state index contributed by atoms with van der Waals surface area (Å²) >= 11 is 1.26. The molecular weight excluding hydrogens is 380 g/mol. The van der Waals surface area contributed by atoms with Crippen LogP contribution >= 0.6 is 11.3 Å². The number of hydrogen-bond donors (Lipinski definition) is 1. The van der Waals surface area contributed by atoms with Gasteiger partial charge in [-0.25, -0.2) is 13.4 Å². The summed E-state index contributed by atoms with van der Waals surface area (Å²) in [6.07, 6.45) is 0.802. The second-order valence-corrected chi connectivity index (χ2v) is 9.59. The number of benzene rings is 1. The number of aromatic amines is 1. The van der Waals surface area contributed by atoms with Gasteiger partial charge in [0.2, 0.25) is 0 Å². The van der Waals surface area contributed by atoms with Crippen molar-refractivity contribution >= 4 is 21.2 Å². The molecule has 0 fully saturated rings. The number of rotatable bonds is 6. The number of sulfone groups is 1. The lowest BCUT2D eigenvalue weighted by atomic mass is 9.99. The molecule has 0 aliphatic heterocycles. The molecule has 0 amide bonds. The molecule has 0 saturated carbocycles. The fourth-order valence-electron chi connectivity index (χ4n) is 2.96. The van der Waals surface area contributed by atoms with E-state index in [-0.39, 0.29) is 22.1 Å². The van der Waals surface area contributed by atoms with Gasteiger partial charge in [-0.2, -0.15) is 0 Å². The van der Waals surface area contributed by atoms with E-state index >= 15 is 0 Å². The molecule has 1 aromatic carbocycles. The molecule has 3 aromatic rings. The molecule has 0 aliphatic carbocycles. The average Bonchev–Trinajstić information content (AvgIpc) is 3.09. The second kappa shape index (κ2) is 7.78. The number of nitrogens with zero attached hydrogens (tertiary/aromatic N) is 1. The van der Waals surface area contributed by atoms with Crippen LogP contribution in [0.4, 0.5) is 0 Å². The number of aryl methyl sites for hydroxylation is 1. The Morgan fingerprint density at radius 3 is 2.52 bits per heavy atom. The van der Waals surface area contributed by atoms with Crippen LogP contribution < -0.4 is 5.56 Å². The summed E-state index contributed by atoms with van der Waals surface area (Å²) in [6, 6.07) is 10.2. The van der Waals surface area contributed by atoms with E-state index in [2.05, 4.69) is 9.97 Å². The minimum absolute atomic E-state index is 0.176. The highest BCUT2D eigenvalue weighted by molar-refractivity contribution is 7.90. The number of pyridine rings is 1. The summed E-state index contributed by atoms with van der Waals surface area (Å²) in [7, 11) is -3.46. The van der Waals surface area contributed by atoms with Crippen molar-refractivity contribution < 1.29 is 8.42 Å². The molecule has 0 radical (unpaired) electrons. The molecule has 27 heavy (non-hydrogen) atoms. The van der Waals surface area contributed by atoms with E-state index < -0.39 is 9.84 Å². The van der Waals surface area contributed by atoms with Crippen LogP contribution in [-0.2, 0) is 22.0 Å². The first-order chi connectivity index (χ1) is 12.8. The number of H-pyrrole nitrogens is 1. The molecule has 0 atom stereocenters. The highest BCUT2D eigenvalue weighted by atomic mass is 32.2. The zero-order valence-electron chi connectivity index (χ0n) is 15.5. The standard InChI is InChI=1S/C20H22N2O3S2/c1-4-14-10-16(20(23)22-19(14)13(2)3)17-11-26-18(21-17)12-27(24,25)15-8-6-5-7-9-15/h5-11,13H,4,12H2,1-3H3,(H,22,23). The van der Waals surface area contributed by atoms with Crippen LogP contribution in [0.15, 0.2) is 51.5 Å². The van der Waals surface area contributed by atoms with Gasteiger partial charge in [0.05, 0.1) is 16.2 Å². The van der Waals surface area contributed by atoms with Gasteiger partial charge in [0, 0.05) is 11.1 Å². The predicted molar refractivity (Wildman–Crippen MR) is 109 cm³/mol. The van der Waals surface area contributed by atoms with E-state index in [1.165, 1.54) is 11.3 Å². The minimum atomic E-state index is -3.46. The minimum Gasteiger partial charge on any atom is -0.325 e. The van der Waals surface area contributed by atoms with E-state index in [9.17, 15) is 13.2 Å². The number of aromatic nitrogens is 2. The summed E-state index contributed by atoms with van der Waals surface area (Å²) in [5, 5.41) is 2.22. The molecule has 3 rings (SSSR count). The van der Waals surface area contributed by atoms with Crippen LogP contribution in [0, 0.1) is 0 Å². The van der Waals surface area contributed by atoms with Crippen molar-refractivity contribution in [2.45, 2.75) is 43.8 Å². The van der Waals surface area contributed by atoms with Crippen molar-refractivity contribution in [3.63, 3.8) is 0 Å². The van der Waals surface area contributed by atoms with E-state index in [0.717, 1.165) is 17.7 Å². The first-order valence-corrected chi connectivity index (χ1v) is 11.3. The first-order valence-electron chi connectivity index (χ1n) is 8.80. The third-order valence-electron chi connectivity index (χ3n) is 4.36. The van der Waals surface area contributed by atoms with Crippen LogP contribution in [0.1, 0.15) is 43.0 Å². The van der Waals surface area contributed by atoms with Crippen molar-refractivity contribution in [2.24, 2.45) is 0 Å². The van der Waals surface area contributed by atoms with Gasteiger partial charge < -0.3 is 4.98 Å². The van der Waals surface area contributed by atoms with Gasteiger partial charge in [0.25, 0.3) is 5.56 Å². The third-order valence-corrected chi connectivity index (χ3v) is 7.03. The van der Waals surface area contributed by atoms with E-state index in [1.807, 2.05) is 26.8 Å². The zero-order chi connectivity index (χ0) is 19.6. The maximum absolute atomic E-state index is 12.5. The van der Waals surface area contributed by atoms with Crippen LogP contribution in [0.25, 0.3) is 11.3 Å². The Kier molecular flexibility index (Phi) is 5.62. The second-order valence-electron chi connectivity index (χ2n) is 6.66. The fraction of sp³-hybridized carbons (Fsp3) is 0.300. The molecule has 0 aliphatic rings. The molecule has 0 saturated heterocycles. The molecule has 0 unspecified atom stereocenters. The topological polar surface area (TPSA) is 79.9 Å². The lowest BCUT2D eigenvalue weighted by Gasteiger charge is -2.12. The Hall–Kier alpha value is -2.25. The van der Waals surface area contributed by atoms with Gasteiger partial charge in [0.15, 0.2) is 9.84 Å². The average molecular weight is 403 g/mol. The Bertz CT molecular complexity index is 1100. The van der Waals surface area contributed by atoms with Gasteiger partial charge >= 0.3 is 0 Å². The molecular formula is C20H22N2O3S2. The van der Waals surface area contributed by atoms with Crippen LogP contribution in [0.2, 0.25) is 0 Å². The maximum atomic E-state index is 12.5. The number of hydrogen-bond acceptors (Lipinski definition) is 5. The third kappa shape index (κ3) is 4.20. The molecule has 5 nitrogen and oxygen atoms in total. The summed E-state index contributed by atoms with van der Waals surface area (Å²) in [4.78, 5) is 20.2. The Morgan fingerprint density at radius 2 is 1.89 bits per heavy atom. The summed E-state index contributed by atoms with van der Waals surface area (Å²) in [5.41, 5.74) is 2.82. The highest BCUT2D eigenvalue weighted by Crippen LogP contribution is 2.25. The Morgan fingerprint density at radius 1 is 1.19 bits per heavy atom. The van der Waals surface area contributed by atoms with Gasteiger partial charge in [0.1, 0.15) is 10.8 Å². The normalized spacial score (nSPS) is 11.9. The molecule has 0 spiro atoms. The van der Waals surface area contributed by atoms with Crippen molar-refractivity contribution in [1.82, 2.24) is 9.97 Å². The quantitative estimate of drug-likeness (QED) is 0.671. The Balaban J connectivity index is 1.94. The highest BCUT2D eigenvalue weighted by Gasteiger charge is 2.19. The molecule has 2 heterocycles. The van der Waals surface area contributed by atoms with E-state index in [1.54, 1.807) is 35.7 Å². The van der Waals surface area contributed by atoms with Crippen LogP contribution in [-0.4, -0.2) is 18.4 Å². The van der Waals surface area contributed by atoms with E-state index in [0.29, 0.717) is 16.3 Å². The largest absolute Gasteiger partial charge is 0.325 e. The van der Waals surface area contributed by atoms with Gasteiger partial charge in [-0.15, -0.1) is 11.3 Å². The van der Waals surface area contributed by atoms with Gasteiger partial charge in [-0.3, -0.25) is 4.79 Å². The molecule has 142 valence electrons. The van der Waals surface area contributed by atoms with Crippen molar-refractivity contribution in [2.75, 3.05) is 0 Å². The molecule has 0 bridgehead atoms. The zero-order valence-corrected chi connectivity index (χ0v) is 17.2. The van der Waals surface area contributed by atoms with Crippen molar-refractivity contribution in [3.05, 3.63) is 68.4 Å². The van der Waals surface area contributed by atoms with Crippen LogP contribution in [0.3, 0.4) is 0 Å². The first kappa shape index (κ1) is 19.5. The van der Waals surface area contributed by atoms with E-state index in [4.69, 9.17) is 0 Å². The van der Waals surface area contributed by atoms with Gasteiger partial charge in [-0.05, 0) is 36.1 Å².